The topological polar surface area (TPSA) is 85.8 Å². The highest BCUT2D eigenvalue weighted by molar-refractivity contribution is 7.99. The second kappa shape index (κ2) is 8.70. The van der Waals surface area contributed by atoms with Crippen molar-refractivity contribution in [2.75, 3.05) is 25.4 Å². The van der Waals surface area contributed by atoms with E-state index in [1.165, 1.54) is 24.9 Å². The smallest absolute Gasteiger partial charge is 0.202 e. The molecule has 33 heavy (non-hydrogen) atoms. The average molecular weight is 484 g/mol. The molecule has 1 saturated heterocycles. The van der Waals surface area contributed by atoms with Crippen LogP contribution >= 0.6 is 24.2 Å². The van der Waals surface area contributed by atoms with Gasteiger partial charge < -0.3 is 13.9 Å². The molecule has 2 unspecified atom stereocenters. The van der Waals surface area contributed by atoms with E-state index in [0.29, 0.717) is 11.2 Å². The van der Waals surface area contributed by atoms with Gasteiger partial charge in [0.25, 0.3) is 0 Å². The van der Waals surface area contributed by atoms with E-state index in [9.17, 15) is 0 Å². The molecule has 1 aromatic carbocycles. The molecule has 4 heterocycles. The van der Waals surface area contributed by atoms with Gasteiger partial charge in [-0.25, -0.2) is 4.98 Å². The molecule has 10 heteroatoms. The summed E-state index contributed by atoms with van der Waals surface area (Å²) in [6, 6.07) is 6.64. The summed E-state index contributed by atoms with van der Waals surface area (Å²) in [5.74, 6) is 3.20. The Hall–Kier alpha value is -2.49. The highest BCUT2D eigenvalue weighted by Gasteiger charge is 2.60. The molecule has 0 radical (unpaired) electrons. The van der Waals surface area contributed by atoms with E-state index in [1.807, 2.05) is 18.5 Å². The van der Waals surface area contributed by atoms with Crippen molar-refractivity contribution in [2.45, 2.75) is 30.3 Å². The molecule has 0 N–H and O–H groups in total. The first-order chi connectivity index (χ1) is 15.6. The van der Waals surface area contributed by atoms with Crippen molar-refractivity contribution in [3.63, 3.8) is 0 Å². The van der Waals surface area contributed by atoms with Crippen LogP contribution < -0.4 is 0 Å². The minimum absolute atomic E-state index is 0. The Kier molecular flexibility index (Phi) is 5.88. The third-order valence-electron chi connectivity index (χ3n) is 6.89. The van der Waals surface area contributed by atoms with Crippen LogP contribution in [0.3, 0.4) is 0 Å². The number of halogens is 1. The fraction of sp³-hybridized carbons (Fsp3) is 0.435. The first-order valence-electron chi connectivity index (χ1n) is 11.0. The van der Waals surface area contributed by atoms with E-state index >= 15 is 0 Å². The predicted octanol–water partition coefficient (Wildman–Crippen LogP) is 3.90. The van der Waals surface area contributed by atoms with Gasteiger partial charge in [0, 0.05) is 43.7 Å². The number of hydrogen-bond acceptors (Lipinski definition) is 8. The Morgan fingerprint density at radius 1 is 1.15 bits per heavy atom. The molecule has 2 fully saturated rings. The fourth-order valence-electron chi connectivity index (χ4n) is 5.08. The number of rotatable bonds is 7. The normalized spacial score (nSPS) is 21.8. The summed E-state index contributed by atoms with van der Waals surface area (Å²) in [4.78, 5) is 15.7. The summed E-state index contributed by atoms with van der Waals surface area (Å²) in [5, 5.41) is 9.54. The molecule has 1 aliphatic heterocycles. The third-order valence-corrected chi connectivity index (χ3v) is 8.00. The summed E-state index contributed by atoms with van der Waals surface area (Å²) >= 11 is 1.75. The van der Waals surface area contributed by atoms with Crippen molar-refractivity contribution in [3.05, 3.63) is 48.2 Å². The quantitative estimate of drug-likeness (QED) is 0.289. The molecule has 1 saturated carbocycles. The van der Waals surface area contributed by atoms with Gasteiger partial charge in [-0.1, -0.05) is 17.8 Å². The van der Waals surface area contributed by atoms with Crippen LogP contribution in [0.25, 0.3) is 22.6 Å². The van der Waals surface area contributed by atoms with Gasteiger partial charge in [-0.3, -0.25) is 9.97 Å². The predicted molar refractivity (Wildman–Crippen MR) is 130 cm³/mol. The summed E-state index contributed by atoms with van der Waals surface area (Å²) in [5.41, 5.74) is 4.57. The molecule has 8 nitrogen and oxygen atoms in total. The van der Waals surface area contributed by atoms with E-state index < -0.39 is 0 Å². The van der Waals surface area contributed by atoms with Gasteiger partial charge in [-0.05, 0) is 49.9 Å². The molecule has 2 atom stereocenters. The SMILES string of the molecule is Cc1ncoc1-c1nnc(SCCCN2CC3CC3(c3ccc4nccnc4c3)C2)n1C.Cl. The fourth-order valence-corrected chi connectivity index (χ4v) is 5.92. The molecule has 4 aromatic rings. The lowest BCUT2D eigenvalue weighted by Crippen LogP contribution is -2.27. The van der Waals surface area contributed by atoms with Crippen molar-refractivity contribution in [1.29, 1.82) is 0 Å². The van der Waals surface area contributed by atoms with E-state index in [4.69, 9.17) is 4.42 Å². The van der Waals surface area contributed by atoms with Crippen molar-refractivity contribution in [3.8, 4) is 11.6 Å². The van der Waals surface area contributed by atoms with Crippen LogP contribution in [0.15, 0.2) is 46.6 Å². The number of likely N-dealkylation sites (tertiary alicyclic amines) is 1. The maximum absolute atomic E-state index is 5.46. The number of hydrogen-bond donors (Lipinski definition) is 0. The van der Waals surface area contributed by atoms with Crippen LogP contribution in [0.2, 0.25) is 0 Å². The summed E-state index contributed by atoms with van der Waals surface area (Å²) in [7, 11) is 1.98. The van der Waals surface area contributed by atoms with Crippen LogP contribution in [-0.2, 0) is 12.5 Å². The number of nitrogens with zero attached hydrogens (tertiary/aromatic N) is 7. The van der Waals surface area contributed by atoms with Gasteiger partial charge >= 0.3 is 0 Å². The molecule has 3 aromatic heterocycles. The van der Waals surface area contributed by atoms with E-state index in [-0.39, 0.29) is 12.4 Å². The highest BCUT2D eigenvalue weighted by atomic mass is 35.5. The standard InChI is InChI=1S/C23H25N7OS.ClH/c1-15-20(31-14-26-15)21-27-28-22(29(21)2)32-9-3-8-30-12-17-11-23(17,13-30)16-4-5-18-19(10-16)25-7-6-24-18;/h4-7,10,14,17H,3,8-9,11-13H2,1-2H3;1H. The Morgan fingerprint density at radius 2 is 2.00 bits per heavy atom. The first-order valence-corrected chi connectivity index (χ1v) is 12.0. The first kappa shape index (κ1) is 22.3. The van der Waals surface area contributed by atoms with Crippen LogP contribution in [0, 0.1) is 12.8 Å². The Morgan fingerprint density at radius 3 is 2.82 bits per heavy atom. The van der Waals surface area contributed by atoms with Crippen LogP contribution in [-0.4, -0.2) is 60.0 Å². The highest BCUT2D eigenvalue weighted by Crippen LogP contribution is 2.59. The minimum Gasteiger partial charge on any atom is -0.440 e. The van der Waals surface area contributed by atoms with Gasteiger partial charge in [0.1, 0.15) is 0 Å². The van der Waals surface area contributed by atoms with Crippen molar-refractivity contribution in [1.82, 2.24) is 34.6 Å². The Balaban J connectivity index is 0.00000228. The largest absolute Gasteiger partial charge is 0.440 e. The molecule has 172 valence electrons. The zero-order valence-electron chi connectivity index (χ0n) is 18.6. The van der Waals surface area contributed by atoms with Crippen molar-refractivity contribution in [2.24, 2.45) is 13.0 Å². The van der Waals surface area contributed by atoms with E-state index in [2.05, 4.69) is 48.2 Å². The zero-order valence-corrected chi connectivity index (χ0v) is 20.3. The molecule has 1 aliphatic carbocycles. The van der Waals surface area contributed by atoms with Crippen LogP contribution in [0.1, 0.15) is 24.1 Å². The number of aromatic nitrogens is 6. The molecular weight excluding hydrogens is 458 g/mol. The average Bonchev–Trinajstić information content (AvgIpc) is 3.10. The number of oxazole rings is 1. The Labute approximate surface area is 202 Å². The van der Waals surface area contributed by atoms with Gasteiger partial charge in [0.2, 0.25) is 5.82 Å². The number of piperidine rings is 1. The monoisotopic (exact) mass is 483 g/mol. The van der Waals surface area contributed by atoms with Crippen molar-refractivity contribution < 1.29 is 4.42 Å². The lowest BCUT2D eigenvalue weighted by molar-refractivity contribution is 0.299. The van der Waals surface area contributed by atoms with E-state index in [1.54, 1.807) is 24.2 Å². The second-order valence-corrected chi connectivity index (χ2v) is 9.95. The van der Waals surface area contributed by atoms with Gasteiger partial charge in [0.05, 0.1) is 16.7 Å². The summed E-state index contributed by atoms with van der Waals surface area (Å²) in [6.45, 7) is 5.37. The molecular formula is C23H26ClN7OS. The van der Waals surface area contributed by atoms with Gasteiger partial charge in [-0.2, -0.15) is 0 Å². The number of fused-ring (bicyclic) bond motifs is 2. The number of thioether (sulfide) groups is 1. The summed E-state index contributed by atoms with van der Waals surface area (Å²) < 4.78 is 7.45. The van der Waals surface area contributed by atoms with E-state index in [0.717, 1.165) is 58.9 Å². The van der Waals surface area contributed by atoms with Crippen molar-refractivity contribution >= 4 is 35.2 Å². The lowest BCUT2D eigenvalue weighted by atomic mass is 9.94. The third kappa shape index (κ3) is 3.92. The second-order valence-electron chi connectivity index (χ2n) is 8.89. The molecule has 0 bridgehead atoms. The minimum atomic E-state index is 0. The van der Waals surface area contributed by atoms with Gasteiger partial charge in [0.15, 0.2) is 17.3 Å². The number of benzene rings is 1. The maximum atomic E-state index is 5.46. The van der Waals surface area contributed by atoms with Crippen LogP contribution in [0.5, 0.6) is 0 Å². The summed E-state index contributed by atoms with van der Waals surface area (Å²) in [6.07, 6.45) is 7.41. The Bertz CT molecular complexity index is 1290. The molecule has 0 amide bonds. The molecule has 6 rings (SSSR count). The molecule has 2 aliphatic rings. The van der Waals surface area contributed by atoms with Gasteiger partial charge in [-0.15, -0.1) is 22.6 Å². The molecule has 0 spiro atoms. The maximum Gasteiger partial charge on any atom is 0.202 e. The van der Waals surface area contributed by atoms with Crippen LogP contribution in [0.4, 0.5) is 0 Å². The lowest BCUT2D eigenvalue weighted by Gasteiger charge is -2.21. The zero-order chi connectivity index (χ0) is 21.7. The number of aryl methyl sites for hydroxylation is 1.